The Morgan fingerprint density at radius 3 is 2.80 bits per heavy atom. The first-order valence-electron chi connectivity index (χ1n) is 7.97. The average molecular weight is 357 g/mol. The van der Waals surface area contributed by atoms with Crippen molar-refractivity contribution in [2.24, 2.45) is 0 Å². The Hall–Kier alpha value is -2.47. The van der Waals surface area contributed by atoms with Crippen molar-refractivity contribution < 1.29 is 19.4 Å². The topological polar surface area (TPSA) is 66.8 Å². The van der Waals surface area contributed by atoms with Gasteiger partial charge in [0.15, 0.2) is 6.04 Å². The zero-order valence-corrected chi connectivity index (χ0v) is 14.7. The van der Waals surface area contributed by atoms with E-state index in [0.717, 1.165) is 16.2 Å². The predicted molar refractivity (Wildman–Crippen MR) is 96.0 cm³/mol. The van der Waals surface area contributed by atoms with Crippen LogP contribution in [0.15, 0.2) is 53.4 Å². The maximum atomic E-state index is 12.7. The number of nitrogens with zero attached hydrogens (tertiary/aromatic N) is 1. The van der Waals surface area contributed by atoms with E-state index in [9.17, 15) is 14.7 Å². The molecule has 1 N–H and O–H groups in total. The molecule has 2 aromatic rings. The second kappa shape index (κ2) is 7.61. The summed E-state index contributed by atoms with van der Waals surface area (Å²) in [5.41, 5.74) is 1.71. The molecule has 0 saturated carbocycles. The molecule has 0 aliphatic carbocycles. The molecule has 2 aromatic carbocycles. The molecule has 1 amide bonds. The van der Waals surface area contributed by atoms with E-state index in [0.29, 0.717) is 18.5 Å². The summed E-state index contributed by atoms with van der Waals surface area (Å²) in [6, 6.07) is 14.0. The van der Waals surface area contributed by atoms with Gasteiger partial charge in [0, 0.05) is 11.4 Å². The first-order chi connectivity index (χ1) is 12.1. The van der Waals surface area contributed by atoms with Gasteiger partial charge in [0.1, 0.15) is 5.75 Å². The maximum absolute atomic E-state index is 12.7. The molecule has 0 fully saturated rings. The number of methoxy groups -OCH3 is 1. The highest BCUT2D eigenvalue weighted by Gasteiger charge is 2.35. The lowest BCUT2D eigenvalue weighted by atomic mass is 9.92. The first-order valence-corrected chi connectivity index (χ1v) is 8.95. The number of hydrogen-bond acceptors (Lipinski definition) is 4. The Bertz CT molecular complexity index is 792. The third-order valence-electron chi connectivity index (χ3n) is 4.24. The molecule has 1 unspecified atom stereocenters. The minimum absolute atomic E-state index is 0.172. The molecule has 6 heteroatoms. The summed E-state index contributed by atoms with van der Waals surface area (Å²) in [4.78, 5) is 26.8. The molecule has 1 aliphatic heterocycles. The van der Waals surface area contributed by atoms with Crippen molar-refractivity contribution in [1.82, 2.24) is 4.90 Å². The van der Waals surface area contributed by atoms with E-state index in [4.69, 9.17) is 4.74 Å². The molecule has 0 spiro atoms. The molecule has 0 saturated heterocycles. The van der Waals surface area contributed by atoms with Crippen LogP contribution in [-0.4, -0.2) is 41.3 Å². The SMILES string of the molecule is COc1cccc(SCC(=O)N2CCc3ccccc3C2C(=O)O)c1. The molecule has 5 nitrogen and oxygen atoms in total. The minimum atomic E-state index is -0.994. The number of benzene rings is 2. The highest BCUT2D eigenvalue weighted by molar-refractivity contribution is 8.00. The summed E-state index contributed by atoms with van der Waals surface area (Å²) < 4.78 is 5.18. The van der Waals surface area contributed by atoms with E-state index in [2.05, 4.69) is 0 Å². The molecule has 1 aliphatic rings. The average Bonchev–Trinajstić information content (AvgIpc) is 2.65. The lowest BCUT2D eigenvalue weighted by molar-refractivity contribution is -0.150. The Balaban J connectivity index is 1.74. The van der Waals surface area contributed by atoms with Gasteiger partial charge in [-0.1, -0.05) is 30.3 Å². The smallest absolute Gasteiger partial charge is 0.331 e. The predicted octanol–water partition coefficient (Wildman–Crippen LogP) is 3.00. The third kappa shape index (κ3) is 3.79. The second-order valence-corrected chi connectivity index (χ2v) is 6.79. The summed E-state index contributed by atoms with van der Waals surface area (Å²) in [5, 5.41) is 9.64. The van der Waals surface area contributed by atoms with Gasteiger partial charge in [-0.15, -0.1) is 11.8 Å². The van der Waals surface area contributed by atoms with E-state index < -0.39 is 12.0 Å². The lowest BCUT2D eigenvalue weighted by Crippen LogP contribution is -2.44. The van der Waals surface area contributed by atoms with Crippen molar-refractivity contribution in [1.29, 1.82) is 0 Å². The van der Waals surface area contributed by atoms with Gasteiger partial charge in [0.2, 0.25) is 5.91 Å². The molecule has 3 rings (SSSR count). The highest BCUT2D eigenvalue weighted by Crippen LogP contribution is 2.31. The molecule has 1 atom stereocenters. The van der Waals surface area contributed by atoms with Gasteiger partial charge in [-0.3, -0.25) is 4.79 Å². The van der Waals surface area contributed by atoms with E-state index in [1.807, 2.05) is 42.5 Å². The molecule has 130 valence electrons. The zero-order chi connectivity index (χ0) is 17.8. The van der Waals surface area contributed by atoms with Crippen molar-refractivity contribution in [2.45, 2.75) is 17.4 Å². The summed E-state index contributed by atoms with van der Waals surface area (Å²) in [7, 11) is 1.59. The maximum Gasteiger partial charge on any atom is 0.331 e. The third-order valence-corrected chi connectivity index (χ3v) is 5.22. The number of carboxylic acids is 1. The molecule has 25 heavy (non-hydrogen) atoms. The van der Waals surface area contributed by atoms with Crippen LogP contribution in [0, 0.1) is 0 Å². The van der Waals surface area contributed by atoms with Crippen LogP contribution in [0.2, 0.25) is 0 Å². The zero-order valence-electron chi connectivity index (χ0n) is 13.8. The summed E-state index contributed by atoms with van der Waals surface area (Å²) in [6.07, 6.45) is 0.676. The quantitative estimate of drug-likeness (QED) is 0.833. The van der Waals surface area contributed by atoms with Gasteiger partial charge in [0.25, 0.3) is 0 Å². The van der Waals surface area contributed by atoms with E-state index in [1.165, 1.54) is 16.7 Å². The van der Waals surface area contributed by atoms with Crippen molar-refractivity contribution in [3.8, 4) is 5.75 Å². The van der Waals surface area contributed by atoms with E-state index in [1.54, 1.807) is 13.2 Å². The Morgan fingerprint density at radius 2 is 2.04 bits per heavy atom. The first kappa shape index (κ1) is 17.4. The number of carbonyl (C=O) groups is 2. The Kier molecular flexibility index (Phi) is 5.28. The summed E-state index contributed by atoms with van der Waals surface area (Å²) in [5.74, 6) is -0.242. The van der Waals surface area contributed by atoms with Crippen molar-refractivity contribution in [3.63, 3.8) is 0 Å². The van der Waals surface area contributed by atoms with Gasteiger partial charge in [0.05, 0.1) is 12.9 Å². The van der Waals surface area contributed by atoms with Gasteiger partial charge in [-0.2, -0.15) is 0 Å². The van der Waals surface area contributed by atoms with Crippen LogP contribution in [0.1, 0.15) is 17.2 Å². The van der Waals surface area contributed by atoms with Crippen LogP contribution in [0.4, 0.5) is 0 Å². The van der Waals surface area contributed by atoms with Gasteiger partial charge < -0.3 is 14.7 Å². The molecule has 1 heterocycles. The van der Waals surface area contributed by atoms with Crippen LogP contribution in [0.25, 0.3) is 0 Å². The number of thioether (sulfide) groups is 1. The molecule has 0 bridgehead atoms. The number of aliphatic carboxylic acids is 1. The highest BCUT2D eigenvalue weighted by atomic mass is 32.2. The number of amides is 1. The van der Waals surface area contributed by atoms with Crippen LogP contribution < -0.4 is 4.74 Å². The monoisotopic (exact) mass is 357 g/mol. The van der Waals surface area contributed by atoms with E-state index in [-0.39, 0.29) is 11.7 Å². The normalized spacial score (nSPS) is 16.2. The van der Waals surface area contributed by atoms with Crippen LogP contribution in [-0.2, 0) is 16.0 Å². The second-order valence-electron chi connectivity index (χ2n) is 5.74. The number of carboxylic acid groups (broad SMARTS) is 1. The Morgan fingerprint density at radius 1 is 1.24 bits per heavy atom. The van der Waals surface area contributed by atoms with Crippen molar-refractivity contribution in [2.75, 3.05) is 19.4 Å². The summed E-state index contributed by atoms with van der Waals surface area (Å²) in [6.45, 7) is 0.422. The van der Waals surface area contributed by atoms with Crippen molar-refractivity contribution in [3.05, 3.63) is 59.7 Å². The molecular weight excluding hydrogens is 338 g/mol. The van der Waals surface area contributed by atoms with Crippen LogP contribution in [0.5, 0.6) is 5.75 Å². The largest absolute Gasteiger partial charge is 0.497 e. The van der Waals surface area contributed by atoms with E-state index >= 15 is 0 Å². The van der Waals surface area contributed by atoms with Crippen molar-refractivity contribution >= 4 is 23.6 Å². The standard InChI is InChI=1S/C19H19NO4S/c1-24-14-6-4-7-15(11-14)25-12-17(21)20-10-9-13-5-2-3-8-16(13)18(20)19(22)23/h2-8,11,18H,9-10,12H2,1H3,(H,22,23). The number of rotatable bonds is 5. The van der Waals surface area contributed by atoms with Crippen LogP contribution >= 0.6 is 11.8 Å². The fourth-order valence-electron chi connectivity index (χ4n) is 3.02. The number of carbonyl (C=O) groups excluding carboxylic acids is 1. The lowest BCUT2D eigenvalue weighted by Gasteiger charge is -2.34. The fraction of sp³-hybridized carbons (Fsp3) is 0.263. The van der Waals surface area contributed by atoms with Gasteiger partial charge in [-0.25, -0.2) is 4.79 Å². The molecule has 0 radical (unpaired) electrons. The number of ether oxygens (including phenoxy) is 1. The minimum Gasteiger partial charge on any atom is -0.497 e. The van der Waals surface area contributed by atoms with Gasteiger partial charge in [-0.05, 0) is 35.7 Å². The fourth-order valence-corrected chi connectivity index (χ4v) is 3.85. The number of fused-ring (bicyclic) bond motifs is 1. The van der Waals surface area contributed by atoms with Crippen LogP contribution in [0.3, 0.4) is 0 Å². The summed E-state index contributed by atoms with van der Waals surface area (Å²) >= 11 is 1.38. The molecular formula is C19H19NO4S. The Labute approximate surface area is 150 Å². The molecule has 0 aromatic heterocycles. The van der Waals surface area contributed by atoms with Gasteiger partial charge >= 0.3 is 5.97 Å². The number of hydrogen-bond donors (Lipinski definition) is 1.